The summed E-state index contributed by atoms with van der Waals surface area (Å²) in [6, 6.07) is 8.34. The lowest BCUT2D eigenvalue weighted by molar-refractivity contribution is 0.797. The molecule has 28 heavy (non-hydrogen) atoms. The molecule has 0 aliphatic heterocycles. The van der Waals surface area contributed by atoms with Crippen LogP contribution in [0.3, 0.4) is 0 Å². The van der Waals surface area contributed by atoms with Crippen molar-refractivity contribution in [3.05, 3.63) is 58.9 Å². The molecule has 0 fully saturated rings. The first-order chi connectivity index (χ1) is 13.4. The largest absolute Gasteiger partial charge is 0.398 e. The number of aromatic amines is 1. The number of hydrogen-bond donors (Lipinski definition) is 2. The average molecular weight is 372 g/mol. The maximum absolute atomic E-state index is 6.57. The molecule has 3 N–H and O–H groups in total. The van der Waals surface area contributed by atoms with E-state index >= 15 is 0 Å². The van der Waals surface area contributed by atoms with Crippen LogP contribution in [0.4, 0.5) is 5.69 Å². The molecule has 4 aromatic rings. The predicted molar refractivity (Wildman–Crippen MR) is 117 cm³/mol. The van der Waals surface area contributed by atoms with Crippen molar-refractivity contribution in [1.82, 2.24) is 20.0 Å². The number of aryl methyl sites for hydroxylation is 2. The summed E-state index contributed by atoms with van der Waals surface area (Å²) in [5.41, 5.74) is 15.5. The quantitative estimate of drug-likeness (QED) is 0.416. The number of rotatable bonds is 3. The van der Waals surface area contributed by atoms with Gasteiger partial charge in [-0.1, -0.05) is 11.6 Å². The van der Waals surface area contributed by atoms with Crippen LogP contribution >= 0.6 is 0 Å². The summed E-state index contributed by atoms with van der Waals surface area (Å²) in [7, 11) is 3.77. The topological polar surface area (TPSA) is 84.9 Å². The number of benzene rings is 2. The van der Waals surface area contributed by atoms with E-state index in [2.05, 4.69) is 52.3 Å². The zero-order valence-electron chi connectivity index (χ0n) is 16.8. The first kappa shape index (κ1) is 18.0. The Morgan fingerprint density at radius 1 is 1.18 bits per heavy atom. The van der Waals surface area contributed by atoms with Crippen LogP contribution in [0.5, 0.6) is 0 Å². The smallest absolute Gasteiger partial charge is 0.0722 e. The molecule has 0 unspecified atom stereocenters. The van der Waals surface area contributed by atoms with Crippen LogP contribution in [-0.2, 0) is 7.05 Å². The van der Waals surface area contributed by atoms with E-state index in [0.29, 0.717) is 0 Å². The Balaban J connectivity index is 1.99. The Hall–Kier alpha value is -3.41. The summed E-state index contributed by atoms with van der Waals surface area (Å²) in [6.45, 7) is 6.21. The van der Waals surface area contributed by atoms with Crippen LogP contribution in [0.15, 0.2) is 47.2 Å². The second kappa shape index (κ2) is 6.64. The predicted octanol–water partition coefficient (Wildman–Crippen LogP) is 4.25. The zero-order valence-corrected chi connectivity index (χ0v) is 16.8. The molecule has 0 aliphatic carbocycles. The van der Waals surface area contributed by atoms with E-state index in [1.54, 1.807) is 0 Å². The number of fused-ring (bicyclic) bond motifs is 2. The molecule has 4 rings (SSSR count). The fourth-order valence-electron chi connectivity index (χ4n) is 3.81. The van der Waals surface area contributed by atoms with E-state index in [9.17, 15) is 0 Å². The Labute approximate surface area is 163 Å². The molecule has 6 nitrogen and oxygen atoms in total. The van der Waals surface area contributed by atoms with Crippen molar-refractivity contribution >= 4 is 38.8 Å². The van der Waals surface area contributed by atoms with E-state index in [4.69, 9.17) is 5.73 Å². The Kier molecular flexibility index (Phi) is 4.26. The van der Waals surface area contributed by atoms with Gasteiger partial charge in [-0.2, -0.15) is 10.2 Å². The summed E-state index contributed by atoms with van der Waals surface area (Å²) in [5, 5.41) is 13.7. The summed E-state index contributed by atoms with van der Waals surface area (Å²) < 4.78 is 1.87. The Morgan fingerprint density at radius 3 is 2.68 bits per heavy atom. The van der Waals surface area contributed by atoms with Crippen molar-refractivity contribution in [2.75, 3.05) is 12.8 Å². The highest BCUT2D eigenvalue weighted by atomic mass is 15.2. The number of H-pyrrole nitrogens is 1. The third-order valence-corrected chi connectivity index (χ3v) is 5.22. The van der Waals surface area contributed by atoms with Crippen molar-refractivity contribution < 1.29 is 0 Å². The summed E-state index contributed by atoms with van der Waals surface area (Å²) in [6.07, 6.45) is 3.71. The van der Waals surface area contributed by atoms with Gasteiger partial charge in [0.1, 0.15) is 0 Å². The lowest BCUT2D eigenvalue weighted by atomic mass is 9.88. The molecule has 2 aromatic heterocycles. The Morgan fingerprint density at radius 2 is 1.96 bits per heavy atom. The van der Waals surface area contributed by atoms with Crippen molar-refractivity contribution in [2.24, 2.45) is 12.0 Å². The third-order valence-electron chi connectivity index (χ3n) is 5.22. The number of hydrogen-bond acceptors (Lipinski definition) is 4. The van der Waals surface area contributed by atoms with Crippen LogP contribution in [0.25, 0.3) is 27.4 Å². The van der Waals surface area contributed by atoms with E-state index in [0.717, 1.165) is 61.0 Å². The highest BCUT2D eigenvalue weighted by molar-refractivity contribution is 6.35. The fraction of sp³-hybridized carbons (Fsp3) is 0.227. The minimum atomic E-state index is 0.758. The van der Waals surface area contributed by atoms with Crippen molar-refractivity contribution in [3.8, 4) is 0 Å². The Bertz CT molecular complexity index is 1270. The van der Waals surface area contributed by atoms with Crippen LogP contribution in [0.2, 0.25) is 0 Å². The second-order valence-electron chi connectivity index (χ2n) is 7.30. The number of anilines is 1. The first-order valence-corrected chi connectivity index (χ1v) is 9.21. The van der Waals surface area contributed by atoms with E-state index in [1.807, 2.05) is 44.2 Å². The van der Waals surface area contributed by atoms with Gasteiger partial charge in [0.25, 0.3) is 0 Å². The highest BCUT2D eigenvalue weighted by Crippen LogP contribution is 2.36. The van der Waals surface area contributed by atoms with Gasteiger partial charge in [0, 0.05) is 47.3 Å². The fourth-order valence-corrected chi connectivity index (χ4v) is 3.81. The van der Waals surface area contributed by atoms with Gasteiger partial charge in [0.15, 0.2) is 0 Å². The maximum Gasteiger partial charge on any atom is 0.0722 e. The number of aromatic nitrogens is 4. The summed E-state index contributed by atoms with van der Waals surface area (Å²) >= 11 is 0. The van der Waals surface area contributed by atoms with Crippen molar-refractivity contribution in [1.29, 1.82) is 0 Å². The molecular weight excluding hydrogens is 348 g/mol. The molecule has 0 saturated carbocycles. The van der Waals surface area contributed by atoms with Crippen LogP contribution in [-0.4, -0.2) is 32.7 Å². The second-order valence-corrected chi connectivity index (χ2v) is 7.30. The molecule has 6 heteroatoms. The molecule has 0 aliphatic rings. The number of nitrogens with two attached hydrogens (primary N) is 1. The van der Waals surface area contributed by atoms with Gasteiger partial charge in [-0.15, -0.1) is 0 Å². The van der Waals surface area contributed by atoms with E-state index < -0.39 is 0 Å². The molecule has 0 atom stereocenters. The summed E-state index contributed by atoms with van der Waals surface area (Å²) in [4.78, 5) is 4.68. The highest BCUT2D eigenvalue weighted by Gasteiger charge is 2.21. The van der Waals surface area contributed by atoms with Gasteiger partial charge >= 0.3 is 0 Å². The molecule has 0 bridgehead atoms. The monoisotopic (exact) mass is 372 g/mol. The third kappa shape index (κ3) is 2.69. The minimum absolute atomic E-state index is 0.758. The molecule has 0 amide bonds. The first-order valence-electron chi connectivity index (χ1n) is 9.21. The van der Waals surface area contributed by atoms with Gasteiger partial charge < -0.3 is 5.73 Å². The molecule has 2 aromatic carbocycles. The van der Waals surface area contributed by atoms with Crippen molar-refractivity contribution in [3.63, 3.8) is 0 Å². The molecule has 0 saturated heterocycles. The normalized spacial score (nSPS) is 12.1. The number of nitrogens with zero attached hydrogens (tertiary/aromatic N) is 4. The maximum atomic E-state index is 6.57. The molecule has 2 heterocycles. The van der Waals surface area contributed by atoms with Gasteiger partial charge in [-0.05, 0) is 44.5 Å². The number of nitrogens with one attached hydrogen (secondary N) is 1. The number of allylic oxidation sites excluding steroid dienone is 2. The standard InChI is InChI=1S/C22H24N6/c1-12(2)19(20-16-11-25-27-17(16)8-13(3)21(20)23)22(24-4)14-6-7-18-15(9-14)10-26-28(18)5/h6-11H,23H2,1-5H3,(H,25,27). The van der Waals surface area contributed by atoms with Crippen molar-refractivity contribution in [2.45, 2.75) is 20.8 Å². The van der Waals surface area contributed by atoms with Gasteiger partial charge in [0.2, 0.25) is 0 Å². The van der Waals surface area contributed by atoms with Crippen LogP contribution < -0.4 is 5.73 Å². The molecule has 0 spiro atoms. The lowest BCUT2D eigenvalue weighted by Gasteiger charge is -2.18. The molecular formula is C22H24N6. The zero-order chi connectivity index (χ0) is 20.0. The van der Waals surface area contributed by atoms with Gasteiger partial charge in [-0.25, -0.2) is 0 Å². The van der Waals surface area contributed by atoms with Gasteiger partial charge in [0.05, 0.1) is 29.1 Å². The average Bonchev–Trinajstić information content (AvgIpc) is 3.27. The van der Waals surface area contributed by atoms with Gasteiger partial charge in [-0.3, -0.25) is 14.8 Å². The van der Waals surface area contributed by atoms with Crippen LogP contribution in [0, 0.1) is 6.92 Å². The molecule has 0 radical (unpaired) electrons. The number of aliphatic imine (C=N–C) groups is 1. The SMILES string of the molecule is CN=C(C(=C(C)C)c1c(N)c(C)cc2[nH]ncc12)c1ccc2c(cnn2C)c1. The van der Waals surface area contributed by atoms with E-state index in [-0.39, 0.29) is 0 Å². The van der Waals surface area contributed by atoms with E-state index in [1.165, 1.54) is 0 Å². The molecule has 142 valence electrons. The minimum Gasteiger partial charge on any atom is -0.398 e. The van der Waals surface area contributed by atoms with Crippen LogP contribution in [0.1, 0.15) is 30.5 Å². The number of nitrogen functional groups attached to an aromatic ring is 1. The summed E-state index contributed by atoms with van der Waals surface area (Å²) in [5.74, 6) is 0. The lowest BCUT2D eigenvalue weighted by Crippen LogP contribution is -2.10.